The van der Waals surface area contributed by atoms with Gasteiger partial charge in [-0.15, -0.1) is 0 Å². The lowest BCUT2D eigenvalue weighted by molar-refractivity contribution is 1.45. The highest BCUT2D eigenvalue weighted by Crippen LogP contribution is 2.28. The van der Waals surface area contributed by atoms with Crippen LogP contribution in [0.25, 0.3) is 9.53 Å². The first-order valence-corrected chi connectivity index (χ1v) is 4.41. The second kappa shape index (κ2) is 1.53. The highest BCUT2D eigenvalue weighted by Gasteiger charge is 1.94. The zero-order valence-corrected chi connectivity index (χ0v) is 5.63. The second-order valence-electron chi connectivity index (χ2n) is 1.47. The molecule has 2 rings (SSSR count). The Morgan fingerprint density at radius 3 is 2.75 bits per heavy atom. The smallest absolute Gasteiger partial charge is 0.144 e. The molecule has 0 aliphatic heterocycles. The van der Waals surface area contributed by atoms with Crippen LogP contribution in [0.15, 0.2) is 18.3 Å². The molecule has 0 unspecified atom stereocenters. The third-order valence-electron chi connectivity index (χ3n) is 0.947. The number of rotatable bonds is 0. The van der Waals surface area contributed by atoms with Crippen molar-refractivity contribution in [3.63, 3.8) is 0 Å². The summed E-state index contributed by atoms with van der Waals surface area (Å²) in [7, 11) is 3.52. The average Bonchev–Trinajstić information content (AvgIpc) is 1.72. The van der Waals surface area contributed by atoms with Crippen molar-refractivity contribution >= 4 is 30.2 Å². The molecular formula is C5H3NS2. The van der Waals surface area contributed by atoms with Crippen molar-refractivity contribution in [1.82, 2.24) is 4.98 Å². The number of hydrogen-bond acceptors (Lipinski definition) is 3. The van der Waals surface area contributed by atoms with E-state index in [0.717, 1.165) is 0 Å². The number of aromatic nitrogens is 1. The number of nitrogens with zero attached hydrogens (tertiary/aromatic N) is 1. The molecule has 0 aromatic carbocycles. The van der Waals surface area contributed by atoms with E-state index in [1.807, 2.05) is 12.3 Å². The Balaban J connectivity index is 2.88. The van der Waals surface area contributed by atoms with Crippen LogP contribution in [0.1, 0.15) is 0 Å². The van der Waals surface area contributed by atoms with Crippen molar-refractivity contribution in [3.8, 4) is 0 Å². The molecule has 2 aromatic heterocycles. The molecule has 0 atom stereocenters. The summed E-state index contributed by atoms with van der Waals surface area (Å²) >= 11 is 0. The molecule has 0 aliphatic rings. The first-order valence-electron chi connectivity index (χ1n) is 2.26. The van der Waals surface area contributed by atoms with Crippen LogP contribution in [0.2, 0.25) is 0 Å². The fraction of sp³-hybridized carbons (Fsp3) is 0. The number of hydrogen-bond donors (Lipinski definition) is 0. The first kappa shape index (κ1) is 4.47. The van der Waals surface area contributed by atoms with Crippen molar-refractivity contribution < 1.29 is 0 Å². The Bertz CT molecular complexity index is 253. The maximum atomic E-state index is 4.11. The molecule has 3 heteroatoms. The summed E-state index contributed by atoms with van der Waals surface area (Å²) < 4.78 is 1.32. The molecule has 40 valence electrons. The van der Waals surface area contributed by atoms with Crippen molar-refractivity contribution in [3.05, 3.63) is 18.3 Å². The molecule has 0 radical (unpaired) electrons. The fourth-order valence-electron chi connectivity index (χ4n) is 0.552. The minimum Gasteiger partial charge on any atom is -0.244 e. The molecule has 2 heterocycles. The fourth-order valence-corrected chi connectivity index (χ4v) is 2.22. The van der Waals surface area contributed by atoms with Gasteiger partial charge in [-0.3, -0.25) is 0 Å². The van der Waals surface area contributed by atoms with Crippen molar-refractivity contribution in [1.29, 1.82) is 0 Å². The van der Waals surface area contributed by atoms with E-state index in [4.69, 9.17) is 0 Å². The molecule has 1 nitrogen and oxygen atoms in total. The van der Waals surface area contributed by atoms with Gasteiger partial charge in [-0.25, -0.2) is 4.98 Å². The van der Waals surface area contributed by atoms with Crippen LogP contribution in [0, 0.1) is 0 Å². The summed E-state index contributed by atoms with van der Waals surface area (Å²) in [5.41, 5.74) is 0. The summed E-state index contributed by atoms with van der Waals surface area (Å²) in [4.78, 5) is 5.29. The van der Waals surface area contributed by atoms with Gasteiger partial charge in [-0.1, -0.05) is 20.7 Å². The van der Waals surface area contributed by atoms with Crippen molar-refractivity contribution in [2.45, 2.75) is 0 Å². The maximum absolute atomic E-state index is 4.11. The van der Waals surface area contributed by atoms with Crippen LogP contribution in [0.5, 0.6) is 0 Å². The number of fused-ring (bicyclic) bond motifs is 1. The van der Waals surface area contributed by atoms with Crippen LogP contribution in [-0.4, -0.2) is 4.98 Å². The summed E-state index contributed by atoms with van der Waals surface area (Å²) in [6.07, 6.45) is 1.82. The van der Waals surface area contributed by atoms with Gasteiger partial charge in [0.2, 0.25) is 0 Å². The third-order valence-corrected chi connectivity index (χ3v) is 3.41. The topological polar surface area (TPSA) is 12.9 Å². The highest BCUT2D eigenvalue weighted by molar-refractivity contribution is 7.78. The molecule has 0 spiro atoms. The van der Waals surface area contributed by atoms with E-state index in [1.54, 1.807) is 20.7 Å². The van der Waals surface area contributed by atoms with Gasteiger partial charge in [-0.05, 0) is 12.1 Å². The Morgan fingerprint density at radius 1 is 1.38 bits per heavy atom. The largest absolute Gasteiger partial charge is 0.244 e. The molecule has 0 fully saturated rings. The molecule has 0 saturated heterocycles. The Kier molecular flexibility index (Phi) is 0.856. The monoisotopic (exact) mass is 141 g/mol. The van der Waals surface area contributed by atoms with Crippen LogP contribution in [-0.2, 0) is 0 Å². The second-order valence-corrected chi connectivity index (χ2v) is 3.63. The molecule has 0 N–H and O–H groups in total. The summed E-state index contributed by atoms with van der Waals surface area (Å²) in [5.74, 6) is 0. The summed E-state index contributed by atoms with van der Waals surface area (Å²) in [5, 5.41) is 0. The molecule has 0 bridgehead atoms. The van der Waals surface area contributed by atoms with Gasteiger partial charge in [0, 0.05) is 6.20 Å². The van der Waals surface area contributed by atoms with Gasteiger partial charge >= 0.3 is 0 Å². The molecule has 0 saturated carbocycles. The third kappa shape index (κ3) is 0.485. The molecule has 2 aromatic rings. The SMILES string of the molecule is c1cnc2ssc2c1. The lowest BCUT2D eigenvalue weighted by Gasteiger charge is -1.92. The van der Waals surface area contributed by atoms with E-state index >= 15 is 0 Å². The van der Waals surface area contributed by atoms with E-state index in [-0.39, 0.29) is 0 Å². The van der Waals surface area contributed by atoms with E-state index in [1.165, 1.54) is 9.53 Å². The van der Waals surface area contributed by atoms with E-state index < -0.39 is 0 Å². The highest BCUT2D eigenvalue weighted by atomic mass is 32.9. The van der Waals surface area contributed by atoms with Crippen LogP contribution in [0.3, 0.4) is 0 Å². The summed E-state index contributed by atoms with van der Waals surface area (Å²) in [6, 6.07) is 4.05. The zero-order valence-electron chi connectivity index (χ0n) is 4.00. The predicted molar refractivity (Wildman–Crippen MR) is 37.5 cm³/mol. The zero-order chi connectivity index (χ0) is 5.40. The molecule has 0 amide bonds. The Morgan fingerprint density at radius 2 is 2.38 bits per heavy atom. The van der Waals surface area contributed by atoms with Gasteiger partial charge in [0.25, 0.3) is 0 Å². The maximum Gasteiger partial charge on any atom is 0.144 e. The Labute approximate surface area is 54.0 Å². The average molecular weight is 141 g/mol. The Hall–Kier alpha value is -0.410. The van der Waals surface area contributed by atoms with Gasteiger partial charge < -0.3 is 0 Å². The van der Waals surface area contributed by atoms with Gasteiger partial charge in [0.15, 0.2) is 0 Å². The minimum atomic E-state index is 1.18. The lowest BCUT2D eigenvalue weighted by Crippen LogP contribution is -1.69. The van der Waals surface area contributed by atoms with Crippen LogP contribution in [0.4, 0.5) is 0 Å². The van der Waals surface area contributed by atoms with Crippen LogP contribution < -0.4 is 0 Å². The predicted octanol–water partition coefficient (Wildman–Crippen LogP) is 2.36. The quantitative estimate of drug-likeness (QED) is 0.513. The summed E-state index contributed by atoms with van der Waals surface area (Å²) in [6.45, 7) is 0. The first-order chi connectivity index (χ1) is 3.97. The van der Waals surface area contributed by atoms with Gasteiger partial charge in [-0.2, -0.15) is 0 Å². The molecule has 0 aliphatic carbocycles. The van der Waals surface area contributed by atoms with Gasteiger partial charge in [0.05, 0.1) is 4.70 Å². The minimum absolute atomic E-state index is 1.18. The number of pyridine rings is 1. The molecular weight excluding hydrogens is 138 g/mol. The van der Waals surface area contributed by atoms with Crippen molar-refractivity contribution in [2.75, 3.05) is 0 Å². The standard InChI is InChI=1S/C5H3NS2/c1-2-4-5(6-3-1)8-7-4/h1-3H. The van der Waals surface area contributed by atoms with E-state index in [2.05, 4.69) is 11.1 Å². The molecule has 8 heavy (non-hydrogen) atoms. The van der Waals surface area contributed by atoms with Crippen molar-refractivity contribution in [2.24, 2.45) is 0 Å². The van der Waals surface area contributed by atoms with Crippen LogP contribution >= 0.6 is 20.7 Å². The van der Waals surface area contributed by atoms with E-state index in [9.17, 15) is 0 Å². The lowest BCUT2D eigenvalue weighted by atomic mass is 10.5. The normalized spacial score (nSPS) is 10.5. The van der Waals surface area contributed by atoms with Gasteiger partial charge in [0.1, 0.15) is 4.83 Å². The van der Waals surface area contributed by atoms with E-state index in [0.29, 0.717) is 0 Å².